The highest BCUT2D eigenvalue weighted by Crippen LogP contribution is 2.51. The van der Waals surface area contributed by atoms with Crippen LogP contribution in [0.3, 0.4) is 0 Å². The summed E-state index contributed by atoms with van der Waals surface area (Å²) >= 11 is 0. The smallest absolute Gasteiger partial charge is 0.255 e. The summed E-state index contributed by atoms with van der Waals surface area (Å²) in [5.74, 6) is 1.66. The molecule has 2 aromatic heterocycles. The molecule has 4 rings (SSSR count). The second kappa shape index (κ2) is 5.69. The van der Waals surface area contributed by atoms with E-state index >= 15 is 0 Å². The molecule has 1 fully saturated rings. The third-order valence-corrected chi connectivity index (χ3v) is 5.31. The molecule has 0 bridgehead atoms. The minimum Gasteiger partial charge on any atom is -0.328 e. The quantitative estimate of drug-likeness (QED) is 0.800. The third-order valence-electron chi connectivity index (χ3n) is 5.31. The number of pyridine rings is 1. The molecule has 25 heavy (non-hydrogen) atoms. The Labute approximate surface area is 146 Å². The molecule has 128 valence electrons. The van der Waals surface area contributed by atoms with Crippen LogP contribution in [0.1, 0.15) is 36.7 Å². The summed E-state index contributed by atoms with van der Waals surface area (Å²) < 4.78 is 2.01. The van der Waals surface area contributed by atoms with E-state index in [0.717, 1.165) is 29.8 Å². The Kier molecular flexibility index (Phi) is 3.60. The summed E-state index contributed by atoms with van der Waals surface area (Å²) in [5, 5.41) is 8.48. The van der Waals surface area contributed by atoms with Crippen LogP contribution >= 0.6 is 0 Å². The van der Waals surface area contributed by atoms with Crippen molar-refractivity contribution in [1.82, 2.24) is 19.7 Å². The van der Waals surface area contributed by atoms with E-state index in [1.54, 1.807) is 12.5 Å². The van der Waals surface area contributed by atoms with Gasteiger partial charge in [0.2, 0.25) is 0 Å². The van der Waals surface area contributed by atoms with Crippen LogP contribution < -0.4 is 5.56 Å². The molecule has 5 nitrogen and oxygen atoms in total. The first kappa shape index (κ1) is 15.8. The molecule has 0 atom stereocenters. The Morgan fingerprint density at radius 3 is 2.76 bits per heavy atom. The molecule has 1 aliphatic carbocycles. The van der Waals surface area contributed by atoms with Gasteiger partial charge in [0.1, 0.15) is 12.2 Å². The van der Waals surface area contributed by atoms with Gasteiger partial charge in [-0.2, -0.15) is 0 Å². The first-order chi connectivity index (χ1) is 12.0. The highest BCUT2D eigenvalue weighted by atomic mass is 16.1. The fourth-order valence-corrected chi connectivity index (χ4v) is 4.18. The minimum atomic E-state index is -0.114. The van der Waals surface area contributed by atoms with Crippen LogP contribution in [0.4, 0.5) is 0 Å². The molecular weight excluding hydrogens is 312 g/mol. The first-order valence-corrected chi connectivity index (χ1v) is 8.64. The van der Waals surface area contributed by atoms with E-state index in [-0.39, 0.29) is 11.0 Å². The molecule has 0 unspecified atom stereocenters. The number of nitrogens with one attached hydrogen (secondary N) is 1. The monoisotopic (exact) mass is 334 g/mol. The van der Waals surface area contributed by atoms with Crippen molar-refractivity contribution >= 4 is 0 Å². The minimum absolute atomic E-state index is 0.0579. The fraction of sp³-hybridized carbons (Fsp3) is 0.350. The summed E-state index contributed by atoms with van der Waals surface area (Å²) in [6.45, 7) is 4.25. The summed E-state index contributed by atoms with van der Waals surface area (Å²) in [7, 11) is 2.00. The lowest BCUT2D eigenvalue weighted by atomic mass is 9.58. The average molecular weight is 334 g/mol. The molecule has 5 heteroatoms. The van der Waals surface area contributed by atoms with Gasteiger partial charge in [0, 0.05) is 18.8 Å². The van der Waals surface area contributed by atoms with Crippen molar-refractivity contribution in [3.63, 3.8) is 0 Å². The van der Waals surface area contributed by atoms with Crippen LogP contribution in [0.5, 0.6) is 0 Å². The zero-order valence-corrected chi connectivity index (χ0v) is 14.8. The van der Waals surface area contributed by atoms with E-state index < -0.39 is 0 Å². The fourth-order valence-electron chi connectivity index (χ4n) is 4.18. The van der Waals surface area contributed by atoms with Crippen molar-refractivity contribution in [2.24, 2.45) is 13.0 Å². The number of hydrogen-bond acceptors (Lipinski definition) is 3. The average Bonchev–Trinajstić information content (AvgIpc) is 3.00. The molecule has 0 saturated heterocycles. The molecular formula is C20H22N4O. The molecule has 3 aromatic rings. The predicted octanol–water partition coefficient (Wildman–Crippen LogP) is 3.19. The Morgan fingerprint density at radius 1 is 1.28 bits per heavy atom. The van der Waals surface area contributed by atoms with Gasteiger partial charge < -0.3 is 9.55 Å². The van der Waals surface area contributed by atoms with Crippen LogP contribution in [0.25, 0.3) is 11.1 Å². The van der Waals surface area contributed by atoms with Crippen molar-refractivity contribution in [2.45, 2.75) is 32.1 Å². The Morgan fingerprint density at radius 2 is 2.08 bits per heavy atom. The van der Waals surface area contributed by atoms with Crippen molar-refractivity contribution < 1.29 is 0 Å². The number of rotatable bonds is 3. The first-order valence-electron chi connectivity index (χ1n) is 8.64. The van der Waals surface area contributed by atoms with Gasteiger partial charge in [-0.15, -0.1) is 10.2 Å². The van der Waals surface area contributed by atoms with Crippen LogP contribution in [0.2, 0.25) is 0 Å². The van der Waals surface area contributed by atoms with Crippen molar-refractivity contribution in [3.05, 3.63) is 70.2 Å². The Hall–Kier alpha value is -2.69. The van der Waals surface area contributed by atoms with Crippen molar-refractivity contribution in [3.8, 4) is 11.1 Å². The molecule has 0 spiro atoms. The maximum absolute atomic E-state index is 12.3. The molecule has 0 radical (unpaired) electrons. The molecule has 2 heterocycles. The molecule has 1 aromatic carbocycles. The lowest BCUT2D eigenvalue weighted by Gasteiger charge is -2.46. The Bertz CT molecular complexity index is 979. The Balaban J connectivity index is 1.85. The van der Waals surface area contributed by atoms with E-state index in [1.165, 1.54) is 5.56 Å². The van der Waals surface area contributed by atoms with E-state index in [4.69, 9.17) is 0 Å². The normalized spacial score (nSPS) is 22.6. The SMILES string of the molecule is Cc1c[nH]c(=O)c(-c2cccc(C3(c4nncn4C)CC(C)C3)c2)c1. The molecule has 1 aliphatic rings. The van der Waals surface area contributed by atoms with Gasteiger partial charge >= 0.3 is 0 Å². The number of nitrogens with zero attached hydrogens (tertiary/aromatic N) is 3. The van der Waals surface area contributed by atoms with Crippen molar-refractivity contribution in [2.75, 3.05) is 0 Å². The van der Waals surface area contributed by atoms with E-state index in [9.17, 15) is 4.79 Å². The van der Waals surface area contributed by atoms with Gasteiger partial charge in [-0.3, -0.25) is 4.79 Å². The third kappa shape index (κ3) is 2.51. The largest absolute Gasteiger partial charge is 0.328 e. The van der Waals surface area contributed by atoms with Gasteiger partial charge in [0.25, 0.3) is 5.56 Å². The maximum Gasteiger partial charge on any atom is 0.255 e. The molecule has 0 amide bonds. The molecule has 1 N–H and O–H groups in total. The summed E-state index contributed by atoms with van der Waals surface area (Å²) in [5.41, 5.74) is 3.74. The number of aromatic amines is 1. The highest BCUT2D eigenvalue weighted by molar-refractivity contribution is 5.64. The summed E-state index contributed by atoms with van der Waals surface area (Å²) in [4.78, 5) is 15.1. The van der Waals surface area contributed by atoms with Crippen LogP contribution in [-0.4, -0.2) is 19.7 Å². The standard InChI is InChI=1S/C20H22N4O/c1-13-7-17(18(25)21-11-13)15-5-4-6-16(8-15)20(9-14(2)10-20)19-23-22-12-24(19)3/h4-8,11-12,14H,9-10H2,1-3H3,(H,21,25). The topological polar surface area (TPSA) is 63.6 Å². The lowest BCUT2D eigenvalue weighted by molar-refractivity contribution is 0.185. The number of hydrogen-bond donors (Lipinski definition) is 1. The second-order valence-corrected chi connectivity index (χ2v) is 7.36. The van der Waals surface area contributed by atoms with Gasteiger partial charge in [0.15, 0.2) is 0 Å². The molecule has 1 saturated carbocycles. The maximum atomic E-state index is 12.3. The van der Waals surface area contributed by atoms with E-state index in [1.807, 2.05) is 36.7 Å². The van der Waals surface area contributed by atoms with E-state index in [0.29, 0.717) is 11.5 Å². The van der Waals surface area contributed by atoms with Crippen molar-refractivity contribution in [1.29, 1.82) is 0 Å². The zero-order chi connectivity index (χ0) is 17.6. The van der Waals surface area contributed by atoms with Gasteiger partial charge in [-0.25, -0.2) is 0 Å². The van der Waals surface area contributed by atoms with Gasteiger partial charge in [0.05, 0.1) is 5.41 Å². The lowest BCUT2D eigenvalue weighted by Crippen LogP contribution is -2.43. The number of aromatic nitrogens is 4. The number of H-pyrrole nitrogens is 1. The van der Waals surface area contributed by atoms with Gasteiger partial charge in [-0.05, 0) is 54.5 Å². The van der Waals surface area contributed by atoms with Crippen LogP contribution in [-0.2, 0) is 12.5 Å². The predicted molar refractivity (Wildman–Crippen MR) is 97.4 cm³/mol. The number of aryl methyl sites for hydroxylation is 2. The summed E-state index contributed by atoms with van der Waals surface area (Å²) in [6, 6.07) is 10.3. The van der Waals surface area contributed by atoms with E-state index in [2.05, 4.69) is 34.2 Å². The zero-order valence-electron chi connectivity index (χ0n) is 14.8. The number of benzene rings is 1. The van der Waals surface area contributed by atoms with Gasteiger partial charge in [-0.1, -0.05) is 25.1 Å². The second-order valence-electron chi connectivity index (χ2n) is 7.36. The summed E-state index contributed by atoms with van der Waals surface area (Å²) in [6.07, 6.45) is 5.60. The highest BCUT2D eigenvalue weighted by Gasteiger charge is 2.48. The van der Waals surface area contributed by atoms with Crippen LogP contribution in [0, 0.1) is 12.8 Å². The van der Waals surface area contributed by atoms with Crippen LogP contribution in [0.15, 0.2) is 47.7 Å². The molecule has 0 aliphatic heterocycles.